The molecule has 0 saturated carbocycles. The fourth-order valence-corrected chi connectivity index (χ4v) is 3.79. The van der Waals surface area contributed by atoms with Crippen LogP contribution in [0.5, 0.6) is 0 Å². The highest BCUT2D eigenvalue weighted by atomic mass is 32.1. The van der Waals surface area contributed by atoms with Crippen LogP contribution in [0.2, 0.25) is 0 Å². The summed E-state index contributed by atoms with van der Waals surface area (Å²) in [4.78, 5) is 8.86. The summed E-state index contributed by atoms with van der Waals surface area (Å²) in [6.07, 6.45) is 6.18. The number of thiazole rings is 1. The van der Waals surface area contributed by atoms with Crippen LogP contribution in [0.15, 0.2) is 70.7 Å². The topological polar surface area (TPSA) is 41.9 Å². The molecular weight excluding hydrogens is 358 g/mol. The van der Waals surface area contributed by atoms with Crippen molar-refractivity contribution in [1.29, 1.82) is 0 Å². The zero-order valence-electron chi connectivity index (χ0n) is 14.7. The molecule has 5 heteroatoms. The summed E-state index contributed by atoms with van der Waals surface area (Å²) in [5.41, 5.74) is 2.13. The van der Waals surface area contributed by atoms with Gasteiger partial charge in [-0.3, -0.25) is 4.98 Å². The van der Waals surface area contributed by atoms with Gasteiger partial charge in [0.2, 0.25) is 0 Å². The van der Waals surface area contributed by atoms with Crippen LogP contribution in [0.4, 0.5) is 5.00 Å². The molecule has 4 rings (SSSR count). The fraction of sp³-hybridized carbons (Fsp3) is 0.238. The summed E-state index contributed by atoms with van der Waals surface area (Å²) in [6, 6.07) is 20.0. The molecule has 0 unspecified atom stereocenters. The summed E-state index contributed by atoms with van der Waals surface area (Å²) in [6.45, 7) is 2.75. The van der Waals surface area contributed by atoms with E-state index in [1.807, 2.05) is 66.9 Å². The monoisotopic (exact) mass is 381 g/mol. The van der Waals surface area contributed by atoms with Gasteiger partial charge in [0.05, 0.1) is 13.1 Å². The molecule has 0 radical (unpaired) electrons. The first-order chi connectivity index (χ1) is 12.8. The molecule has 0 aliphatic carbocycles. The molecule has 0 bridgehead atoms. The molecule has 1 aliphatic heterocycles. The number of rotatable bonds is 3. The van der Waals surface area contributed by atoms with Crippen molar-refractivity contribution in [3.05, 3.63) is 66.2 Å². The Morgan fingerprint density at radius 2 is 1.58 bits per heavy atom. The number of aliphatic imine (C=N–C) groups is 1. The lowest BCUT2D eigenvalue weighted by Gasteiger charge is -2.05. The molecule has 1 saturated heterocycles. The number of aromatic nitrogens is 1. The Morgan fingerprint density at radius 3 is 2.15 bits per heavy atom. The maximum Gasteiger partial charge on any atom is 0.123 e. The number of nitrogens with two attached hydrogens (primary N) is 1. The second kappa shape index (κ2) is 10.2. The Hall–Kier alpha value is -2.08. The van der Waals surface area contributed by atoms with E-state index in [2.05, 4.69) is 15.3 Å². The van der Waals surface area contributed by atoms with Gasteiger partial charge in [-0.25, -0.2) is 4.99 Å². The van der Waals surface area contributed by atoms with E-state index in [0.29, 0.717) is 5.03 Å². The van der Waals surface area contributed by atoms with Crippen LogP contribution >= 0.6 is 11.3 Å². The van der Waals surface area contributed by atoms with Gasteiger partial charge in [0.1, 0.15) is 10.0 Å². The van der Waals surface area contributed by atoms with Gasteiger partial charge < -0.3 is 17.9 Å². The van der Waals surface area contributed by atoms with Gasteiger partial charge in [-0.1, -0.05) is 72.0 Å². The molecule has 3 nitrogen and oxygen atoms in total. The Morgan fingerprint density at radius 1 is 0.923 bits per heavy atom. The fourth-order valence-electron chi connectivity index (χ4n) is 2.65. The van der Waals surface area contributed by atoms with Gasteiger partial charge in [0, 0.05) is 11.8 Å². The van der Waals surface area contributed by atoms with E-state index >= 15 is 0 Å². The van der Waals surface area contributed by atoms with Crippen LogP contribution in [0.1, 0.15) is 24.8 Å². The number of hydrogen-bond acceptors (Lipinski definition) is 4. The van der Waals surface area contributed by atoms with Crippen LogP contribution in [0, 0.1) is 0 Å². The molecule has 2 N–H and O–H groups in total. The third-order valence-electron chi connectivity index (χ3n) is 4.05. The van der Waals surface area contributed by atoms with Crippen molar-refractivity contribution < 1.29 is 5.32 Å². The van der Waals surface area contributed by atoms with E-state index in [4.69, 9.17) is 12.6 Å². The number of benzene rings is 2. The van der Waals surface area contributed by atoms with Crippen molar-refractivity contribution in [3.8, 4) is 10.6 Å². The number of hydrogen-bond donors (Lipinski definition) is 1. The molecule has 2 aromatic carbocycles. The zero-order chi connectivity index (χ0) is 18.0. The van der Waals surface area contributed by atoms with Gasteiger partial charge in [-0.2, -0.15) is 0 Å². The number of quaternary nitrogens is 1. The van der Waals surface area contributed by atoms with E-state index < -0.39 is 0 Å². The lowest BCUT2D eigenvalue weighted by atomic mass is 10.2. The van der Waals surface area contributed by atoms with Crippen molar-refractivity contribution in [2.24, 2.45) is 4.99 Å². The Kier molecular flexibility index (Phi) is 7.31. The van der Waals surface area contributed by atoms with Crippen molar-refractivity contribution in [3.63, 3.8) is 0 Å². The highest BCUT2D eigenvalue weighted by Gasteiger charge is 2.04. The smallest absolute Gasteiger partial charge is 0.123 e. The van der Waals surface area contributed by atoms with Gasteiger partial charge in [0.25, 0.3) is 0 Å². The van der Waals surface area contributed by atoms with Crippen molar-refractivity contribution in [1.82, 2.24) is 4.98 Å². The maximum absolute atomic E-state index is 5.27. The Bertz CT molecular complexity index is 798. The van der Waals surface area contributed by atoms with E-state index in [1.54, 1.807) is 0 Å². The average molecular weight is 382 g/mol. The first-order valence-electron chi connectivity index (χ1n) is 8.97. The molecule has 3 aromatic rings. The van der Waals surface area contributed by atoms with Gasteiger partial charge >= 0.3 is 0 Å². The van der Waals surface area contributed by atoms with Gasteiger partial charge in [-0.05, 0) is 29.9 Å². The molecule has 26 heavy (non-hydrogen) atoms. The first-order valence-corrected chi connectivity index (χ1v) is 10.2. The minimum atomic E-state index is 0.557. The normalized spacial score (nSPS) is 14.0. The zero-order valence-corrected chi connectivity index (χ0v) is 16.3. The summed E-state index contributed by atoms with van der Waals surface area (Å²) < 4.78 is 0. The molecule has 134 valence electrons. The quantitative estimate of drug-likeness (QED) is 0.546. The highest BCUT2D eigenvalue weighted by Crippen LogP contribution is 2.33. The van der Waals surface area contributed by atoms with Crippen molar-refractivity contribution in [2.75, 3.05) is 13.1 Å². The van der Waals surface area contributed by atoms with Gasteiger partial charge in [0.15, 0.2) is 0 Å². The summed E-state index contributed by atoms with van der Waals surface area (Å²) in [5, 5.41) is 4.64. The molecule has 0 atom stereocenters. The third-order valence-corrected chi connectivity index (χ3v) is 5.47. The largest absolute Gasteiger partial charge is 0.757 e. The molecule has 0 amide bonds. The molecule has 1 aliphatic rings. The van der Waals surface area contributed by atoms with E-state index in [1.165, 1.54) is 43.7 Å². The van der Waals surface area contributed by atoms with Crippen LogP contribution in [0.3, 0.4) is 0 Å². The first kappa shape index (κ1) is 18.7. The van der Waals surface area contributed by atoms with E-state index in [-0.39, 0.29) is 0 Å². The maximum atomic E-state index is 5.27. The molecular formula is C21H23N3S2. The molecule has 2 heterocycles. The minimum absolute atomic E-state index is 0.557. The Balaban J connectivity index is 0.000000278. The lowest BCUT2D eigenvalue weighted by molar-refractivity contribution is -0.662. The highest BCUT2D eigenvalue weighted by molar-refractivity contribution is 7.59. The SMILES string of the molecule is C1CC[NH2+]CC1.[S-]c1nc(-c2ccccc2)sc1/N=C/c1ccccc1. The Labute approximate surface area is 164 Å². The van der Waals surface area contributed by atoms with Crippen LogP contribution < -0.4 is 5.32 Å². The lowest BCUT2D eigenvalue weighted by Crippen LogP contribution is -2.85. The molecule has 1 aromatic heterocycles. The standard InChI is InChI=1S/C16H12N2S2.C5H11N/c19-14-16(17-11-12-7-3-1-4-8-12)20-15(18-14)13-9-5-2-6-10-13;1-2-4-6-5-3-1/h1-11,19H;6H,1-5H2/b17-11+;. The van der Waals surface area contributed by atoms with Crippen molar-refractivity contribution >= 4 is 35.2 Å². The predicted octanol–water partition coefficient (Wildman–Crippen LogP) is 4.20. The van der Waals surface area contributed by atoms with E-state index in [0.717, 1.165) is 21.1 Å². The van der Waals surface area contributed by atoms with Crippen LogP contribution in [0.25, 0.3) is 10.6 Å². The average Bonchev–Trinajstić information content (AvgIpc) is 3.10. The van der Waals surface area contributed by atoms with Crippen LogP contribution in [-0.2, 0) is 12.6 Å². The minimum Gasteiger partial charge on any atom is -0.757 e. The van der Waals surface area contributed by atoms with E-state index in [9.17, 15) is 0 Å². The predicted molar refractivity (Wildman–Crippen MR) is 112 cm³/mol. The summed E-state index contributed by atoms with van der Waals surface area (Å²) >= 11 is 6.79. The molecule has 0 spiro atoms. The second-order valence-electron chi connectivity index (χ2n) is 6.09. The van der Waals surface area contributed by atoms with Crippen molar-refractivity contribution in [2.45, 2.75) is 24.3 Å². The summed E-state index contributed by atoms with van der Waals surface area (Å²) in [7, 11) is 0. The molecule has 1 fully saturated rings. The third kappa shape index (κ3) is 5.73. The summed E-state index contributed by atoms with van der Waals surface area (Å²) in [5.74, 6) is 0. The second-order valence-corrected chi connectivity index (χ2v) is 7.46. The van der Waals surface area contributed by atoms with Crippen LogP contribution in [-0.4, -0.2) is 24.3 Å². The number of piperidine rings is 1. The van der Waals surface area contributed by atoms with Gasteiger partial charge in [-0.15, -0.1) is 0 Å². The number of nitrogens with zero attached hydrogens (tertiary/aromatic N) is 2.